The molecular formula is C16H18ClN3O. The van der Waals surface area contributed by atoms with Crippen LogP contribution in [0, 0.1) is 0 Å². The Morgan fingerprint density at radius 3 is 2.57 bits per heavy atom. The van der Waals surface area contributed by atoms with Gasteiger partial charge in [-0.1, -0.05) is 23.7 Å². The third-order valence-electron chi connectivity index (χ3n) is 3.62. The van der Waals surface area contributed by atoms with Gasteiger partial charge < -0.3 is 16.4 Å². The lowest BCUT2D eigenvalue weighted by atomic mass is 10.1. The molecule has 0 bridgehead atoms. The average Bonchev–Trinajstić information content (AvgIpc) is 2.46. The molecule has 21 heavy (non-hydrogen) atoms. The predicted molar refractivity (Wildman–Crippen MR) is 87.6 cm³/mol. The first kappa shape index (κ1) is 15.2. The van der Waals surface area contributed by atoms with E-state index < -0.39 is 5.91 Å². The number of halogens is 1. The lowest BCUT2D eigenvalue weighted by Gasteiger charge is -2.28. The maximum absolute atomic E-state index is 11.4. The Kier molecular flexibility index (Phi) is 4.38. The standard InChI is InChI=1S/C16H18ClN3O/c1-10(11-4-3-5-12(17)8-11)20(2)13-6-7-15(18)14(9-13)16(19)21/h3-10H,18H2,1-2H3,(H2,19,21). The first-order valence-electron chi connectivity index (χ1n) is 6.57. The van der Waals surface area contributed by atoms with E-state index in [0.717, 1.165) is 11.3 Å². The molecule has 1 unspecified atom stereocenters. The Morgan fingerprint density at radius 2 is 1.95 bits per heavy atom. The van der Waals surface area contributed by atoms with Crippen LogP contribution in [0.1, 0.15) is 28.9 Å². The molecule has 0 aromatic heterocycles. The van der Waals surface area contributed by atoms with Crippen LogP contribution in [0.4, 0.5) is 11.4 Å². The van der Waals surface area contributed by atoms with Gasteiger partial charge in [0.15, 0.2) is 0 Å². The van der Waals surface area contributed by atoms with E-state index in [1.807, 2.05) is 42.3 Å². The van der Waals surface area contributed by atoms with Crippen LogP contribution >= 0.6 is 11.6 Å². The van der Waals surface area contributed by atoms with E-state index in [1.165, 1.54) is 0 Å². The molecule has 0 aliphatic carbocycles. The molecule has 0 radical (unpaired) electrons. The van der Waals surface area contributed by atoms with E-state index >= 15 is 0 Å². The quantitative estimate of drug-likeness (QED) is 0.852. The van der Waals surface area contributed by atoms with Gasteiger partial charge in [-0.05, 0) is 42.8 Å². The van der Waals surface area contributed by atoms with Crippen molar-refractivity contribution in [1.29, 1.82) is 0 Å². The fourth-order valence-corrected chi connectivity index (χ4v) is 2.39. The first-order chi connectivity index (χ1) is 9.90. The van der Waals surface area contributed by atoms with E-state index in [0.29, 0.717) is 16.3 Å². The zero-order chi connectivity index (χ0) is 15.6. The van der Waals surface area contributed by atoms with Gasteiger partial charge in [0.25, 0.3) is 5.91 Å². The SMILES string of the molecule is CC(c1cccc(Cl)c1)N(C)c1ccc(N)c(C(N)=O)c1. The van der Waals surface area contributed by atoms with Gasteiger partial charge in [0.1, 0.15) is 0 Å². The summed E-state index contributed by atoms with van der Waals surface area (Å²) in [5.41, 5.74) is 13.8. The highest BCUT2D eigenvalue weighted by Gasteiger charge is 2.15. The molecule has 4 nitrogen and oxygen atoms in total. The fourth-order valence-electron chi connectivity index (χ4n) is 2.19. The van der Waals surface area contributed by atoms with Gasteiger partial charge in [-0.2, -0.15) is 0 Å². The number of amides is 1. The van der Waals surface area contributed by atoms with Crippen molar-refractivity contribution in [2.45, 2.75) is 13.0 Å². The van der Waals surface area contributed by atoms with Crippen molar-refractivity contribution in [2.24, 2.45) is 5.73 Å². The van der Waals surface area contributed by atoms with Gasteiger partial charge in [-0.15, -0.1) is 0 Å². The largest absolute Gasteiger partial charge is 0.398 e. The highest BCUT2D eigenvalue weighted by atomic mass is 35.5. The maximum atomic E-state index is 11.4. The minimum absolute atomic E-state index is 0.0908. The minimum atomic E-state index is -0.529. The Balaban J connectivity index is 2.33. The second-order valence-corrected chi connectivity index (χ2v) is 5.41. The van der Waals surface area contributed by atoms with Crippen LogP contribution < -0.4 is 16.4 Å². The molecule has 4 N–H and O–H groups in total. The van der Waals surface area contributed by atoms with Crippen molar-refractivity contribution < 1.29 is 4.79 Å². The summed E-state index contributed by atoms with van der Waals surface area (Å²) in [4.78, 5) is 13.4. The van der Waals surface area contributed by atoms with Crippen molar-refractivity contribution in [2.75, 3.05) is 17.7 Å². The molecule has 0 saturated heterocycles. The number of hydrogen-bond donors (Lipinski definition) is 2. The predicted octanol–water partition coefficient (Wildman–Crippen LogP) is 3.22. The van der Waals surface area contributed by atoms with Crippen molar-refractivity contribution in [1.82, 2.24) is 0 Å². The van der Waals surface area contributed by atoms with Crippen LogP contribution in [0.25, 0.3) is 0 Å². The molecule has 110 valence electrons. The van der Waals surface area contributed by atoms with Crippen LogP contribution in [0.2, 0.25) is 5.02 Å². The number of hydrogen-bond acceptors (Lipinski definition) is 3. The van der Waals surface area contributed by atoms with Gasteiger partial charge in [0.05, 0.1) is 11.6 Å². The Morgan fingerprint density at radius 1 is 1.24 bits per heavy atom. The van der Waals surface area contributed by atoms with E-state index in [9.17, 15) is 4.79 Å². The number of nitrogens with zero attached hydrogens (tertiary/aromatic N) is 1. The van der Waals surface area contributed by atoms with E-state index in [-0.39, 0.29) is 6.04 Å². The maximum Gasteiger partial charge on any atom is 0.250 e. The van der Waals surface area contributed by atoms with Crippen LogP contribution in [0.15, 0.2) is 42.5 Å². The monoisotopic (exact) mass is 303 g/mol. The number of anilines is 2. The molecule has 2 aromatic rings. The molecule has 0 aliphatic heterocycles. The summed E-state index contributed by atoms with van der Waals surface area (Å²) in [6.07, 6.45) is 0. The summed E-state index contributed by atoms with van der Waals surface area (Å²) in [6.45, 7) is 2.06. The van der Waals surface area contributed by atoms with Gasteiger partial charge in [-0.25, -0.2) is 0 Å². The number of carbonyl (C=O) groups excluding carboxylic acids is 1. The zero-order valence-electron chi connectivity index (χ0n) is 12.0. The number of nitrogen functional groups attached to an aromatic ring is 1. The molecule has 5 heteroatoms. The molecule has 0 aliphatic rings. The molecule has 1 amide bonds. The number of carbonyl (C=O) groups is 1. The highest BCUT2D eigenvalue weighted by Crippen LogP contribution is 2.28. The third-order valence-corrected chi connectivity index (χ3v) is 3.86. The molecule has 0 saturated carbocycles. The number of nitrogens with two attached hydrogens (primary N) is 2. The lowest BCUT2D eigenvalue weighted by molar-refractivity contribution is 0.100. The van der Waals surface area contributed by atoms with E-state index in [1.54, 1.807) is 12.1 Å². The summed E-state index contributed by atoms with van der Waals surface area (Å²) in [7, 11) is 1.95. The Hall–Kier alpha value is -2.20. The number of primary amides is 1. The molecule has 2 aromatic carbocycles. The Labute approximate surface area is 129 Å². The second-order valence-electron chi connectivity index (χ2n) is 4.98. The molecular weight excluding hydrogens is 286 g/mol. The molecule has 0 fully saturated rings. The third kappa shape index (κ3) is 3.28. The van der Waals surface area contributed by atoms with Crippen LogP contribution in [-0.4, -0.2) is 13.0 Å². The molecule has 0 heterocycles. The zero-order valence-corrected chi connectivity index (χ0v) is 12.8. The normalized spacial score (nSPS) is 12.0. The number of rotatable bonds is 4. The van der Waals surface area contributed by atoms with Crippen molar-refractivity contribution in [3.05, 3.63) is 58.6 Å². The topological polar surface area (TPSA) is 72.3 Å². The summed E-state index contributed by atoms with van der Waals surface area (Å²) in [6, 6.07) is 13.0. The lowest BCUT2D eigenvalue weighted by Crippen LogP contribution is -2.22. The van der Waals surface area contributed by atoms with Crippen LogP contribution in [-0.2, 0) is 0 Å². The van der Waals surface area contributed by atoms with Crippen molar-refractivity contribution in [3.63, 3.8) is 0 Å². The molecule has 2 rings (SSSR count). The Bertz CT molecular complexity index is 672. The minimum Gasteiger partial charge on any atom is -0.398 e. The smallest absolute Gasteiger partial charge is 0.250 e. The van der Waals surface area contributed by atoms with Crippen LogP contribution in [0.3, 0.4) is 0 Å². The van der Waals surface area contributed by atoms with Crippen LogP contribution in [0.5, 0.6) is 0 Å². The van der Waals surface area contributed by atoms with E-state index in [2.05, 4.69) is 6.92 Å². The van der Waals surface area contributed by atoms with Gasteiger partial charge in [0, 0.05) is 23.4 Å². The molecule has 1 atom stereocenters. The highest BCUT2D eigenvalue weighted by molar-refractivity contribution is 6.30. The summed E-state index contributed by atoms with van der Waals surface area (Å²) >= 11 is 6.03. The first-order valence-corrected chi connectivity index (χ1v) is 6.95. The van der Waals surface area contributed by atoms with Gasteiger partial charge in [-0.3, -0.25) is 4.79 Å². The summed E-state index contributed by atoms with van der Waals surface area (Å²) < 4.78 is 0. The average molecular weight is 304 g/mol. The van der Waals surface area contributed by atoms with Gasteiger partial charge >= 0.3 is 0 Å². The second kappa shape index (κ2) is 6.06. The summed E-state index contributed by atoms with van der Waals surface area (Å²) in [5, 5.41) is 0.697. The molecule has 0 spiro atoms. The van der Waals surface area contributed by atoms with Crippen molar-refractivity contribution in [3.8, 4) is 0 Å². The van der Waals surface area contributed by atoms with E-state index in [4.69, 9.17) is 23.1 Å². The summed E-state index contributed by atoms with van der Waals surface area (Å²) in [5.74, 6) is -0.529. The fraction of sp³-hybridized carbons (Fsp3) is 0.188. The van der Waals surface area contributed by atoms with Crippen molar-refractivity contribution >= 4 is 28.9 Å². The van der Waals surface area contributed by atoms with Gasteiger partial charge in [0.2, 0.25) is 0 Å². The number of benzene rings is 2.